The van der Waals surface area contributed by atoms with Crippen molar-refractivity contribution in [1.82, 2.24) is 19.9 Å². The van der Waals surface area contributed by atoms with Crippen molar-refractivity contribution in [1.29, 1.82) is 0 Å². The minimum Gasteiger partial charge on any atom is -0.494 e. The highest BCUT2D eigenvalue weighted by molar-refractivity contribution is 6.33. The molecule has 3 N–H and O–H groups in total. The molecule has 4 heterocycles. The number of methoxy groups -OCH3 is 2. The minimum absolute atomic E-state index is 0.0365. The Morgan fingerprint density at radius 3 is 2.71 bits per heavy atom. The number of piperazine rings is 1. The second kappa shape index (κ2) is 11.3. The van der Waals surface area contributed by atoms with Crippen molar-refractivity contribution < 1.29 is 14.6 Å². The van der Waals surface area contributed by atoms with Crippen LogP contribution in [0.1, 0.15) is 12.5 Å². The lowest BCUT2D eigenvalue weighted by molar-refractivity contribution is 0.144. The molecule has 1 atom stereocenters. The summed E-state index contributed by atoms with van der Waals surface area (Å²) >= 11 is 6.75. The van der Waals surface area contributed by atoms with Crippen molar-refractivity contribution in [2.75, 3.05) is 82.2 Å². The zero-order chi connectivity index (χ0) is 26.7. The molecule has 2 aromatic heterocycles. The number of benzene rings is 1. The number of fused-ring (bicyclic) bond motifs is 1. The van der Waals surface area contributed by atoms with Crippen LogP contribution in [0.3, 0.4) is 0 Å². The Kier molecular flexibility index (Phi) is 7.85. The van der Waals surface area contributed by atoms with Crippen LogP contribution in [-0.2, 0) is 10.2 Å². The summed E-state index contributed by atoms with van der Waals surface area (Å²) < 4.78 is 10.9. The van der Waals surface area contributed by atoms with Crippen LogP contribution in [0, 0.1) is 0 Å². The molecule has 0 saturated carbocycles. The number of hydrogen-bond acceptors (Lipinski definition) is 10. The Bertz CT molecular complexity index is 1290. The van der Waals surface area contributed by atoms with E-state index in [0.29, 0.717) is 29.0 Å². The summed E-state index contributed by atoms with van der Waals surface area (Å²) in [4.78, 5) is 18.4. The molecular formula is C27H34ClN7O3. The fourth-order valence-corrected chi connectivity index (χ4v) is 5.19. The van der Waals surface area contributed by atoms with E-state index in [0.717, 1.165) is 67.7 Å². The number of ether oxygens (including phenoxy) is 2. The molecule has 0 bridgehead atoms. The average molecular weight is 540 g/mol. The van der Waals surface area contributed by atoms with Gasteiger partial charge in [-0.15, -0.1) is 0 Å². The summed E-state index contributed by atoms with van der Waals surface area (Å²) in [5.41, 5.74) is 3.80. The van der Waals surface area contributed by atoms with Crippen molar-refractivity contribution in [3.05, 3.63) is 47.2 Å². The van der Waals surface area contributed by atoms with Gasteiger partial charge >= 0.3 is 0 Å². The van der Waals surface area contributed by atoms with Crippen molar-refractivity contribution in [2.45, 2.75) is 12.3 Å². The lowest BCUT2D eigenvalue weighted by Gasteiger charge is -2.36. The number of nitrogens with zero attached hydrogens (tertiary/aromatic N) is 5. The van der Waals surface area contributed by atoms with Crippen LogP contribution < -0.4 is 20.3 Å². The van der Waals surface area contributed by atoms with Crippen molar-refractivity contribution in [2.24, 2.45) is 0 Å². The largest absolute Gasteiger partial charge is 0.494 e. The van der Waals surface area contributed by atoms with Gasteiger partial charge in [0.15, 0.2) is 0 Å². The number of aromatic nitrogens is 3. The molecule has 1 saturated heterocycles. The molecule has 0 amide bonds. The topological polar surface area (TPSA) is 108 Å². The fourth-order valence-electron chi connectivity index (χ4n) is 4.91. The first kappa shape index (κ1) is 26.4. The van der Waals surface area contributed by atoms with Gasteiger partial charge in [-0.1, -0.05) is 18.5 Å². The predicted molar refractivity (Wildman–Crippen MR) is 150 cm³/mol. The zero-order valence-corrected chi connectivity index (χ0v) is 22.8. The third-order valence-electron chi connectivity index (χ3n) is 7.32. The van der Waals surface area contributed by atoms with Crippen LogP contribution in [0.15, 0.2) is 36.7 Å². The fraction of sp³-hybridized carbons (Fsp3) is 0.444. The first-order chi connectivity index (χ1) is 18.4. The monoisotopic (exact) mass is 539 g/mol. The number of halogens is 1. The Labute approximate surface area is 228 Å². The number of anilines is 4. The number of aliphatic hydroxyl groups excluding tert-OH is 1. The molecule has 5 rings (SSSR count). The van der Waals surface area contributed by atoms with Crippen LogP contribution in [0.5, 0.6) is 5.75 Å². The molecule has 11 heteroatoms. The highest BCUT2D eigenvalue weighted by atomic mass is 35.5. The van der Waals surface area contributed by atoms with Crippen molar-refractivity contribution in [3.63, 3.8) is 0 Å². The molecule has 10 nitrogen and oxygen atoms in total. The van der Waals surface area contributed by atoms with Gasteiger partial charge in [0.05, 0.1) is 42.4 Å². The van der Waals surface area contributed by atoms with Gasteiger partial charge in [-0.25, -0.2) is 15.0 Å². The van der Waals surface area contributed by atoms with Gasteiger partial charge in [-0.3, -0.25) is 4.90 Å². The normalized spacial score (nSPS) is 19.2. The summed E-state index contributed by atoms with van der Waals surface area (Å²) in [6, 6.07) is 7.70. The lowest BCUT2D eigenvalue weighted by atomic mass is 9.85. The summed E-state index contributed by atoms with van der Waals surface area (Å²) in [5.74, 6) is 1.87. The van der Waals surface area contributed by atoms with Crippen LogP contribution in [-0.4, -0.2) is 91.7 Å². The van der Waals surface area contributed by atoms with Gasteiger partial charge in [0.25, 0.3) is 0 Å². The molecule has 3 aromatic rings. The van der Waals surface area contributed by atoms with Crippen LogP contribution in [0.2, 0.25) is 5.02 Å². The molecular weight excluding hydrogens is 506 g/mol. The maximum absolute atomic E-state index is 9.92. The maximum Gasteiger partial charge on any atom is 0.227 e. The third kappa shape index (κ3) is 5.35. The molecule has 0 aliphatic carbocycles. The standard InChI is InChI=1S/C27H34ClN7O3/c1-27(17-36)16-31-25-19(27)12-18(15-30-25)21-4-5-29-26(32-21)33-22-13-20(28)23(14-24(22)38-3)35-8-6-34(7-9-35)10-11-37-2/h4-5,12-15,36H,6-11,16-17H2,1-3H3,(H,30,31)(H,29,32,33). The maximum atomic E-state index is 9.92. The number of aliphatic hydroxyl groups is 1. The molecule has 2 aliphatic rings. The van der Waals surface area contributed by atoms with E-state index >= 15 is 0 Å². The molecule has 1 aromatic carbocycles. The van der Waals surface area contributed by atoms with E-state index in [4.69, 9.17) is 26.1 Å². The second-order valence-corrected chi connectivity index (χ2v) is 10.3. The molecule has 0 spiro atoms. The molecule has 2 aliphatic heterocycles. The van der Waals surface area contributed by atoms with Crippen LogP contribution >= 0.6 is 11.6 Å². The third-order valence-corrected chi connectivity index (χ3v) is 7.63. The summed E-state index contributed by atoms with van der Waals surface area (Å²) in [6.07, 6.45) is 3.48. The summed E-state index contributed by atoms with van der Waals surface area (Å²) in [6.45, 7) is 8.03. The molecule has 202 valence electrons. The quantitative estimate of drug-likeness (QED) is 0.374. The van der Waals surface area contributed by atoms with E-state index in [1.54, 1.807) is 26.6 Å². The summed E-state index contributed by atoms with van der Waals surface area (Å²) in [5, 5.41) is 17.1. The zero-order valence-electron chi connectivity index (χ0n) is 22.0. The van der Waals surface area contributed by atoms with Crippen LogP contribution in [0.4, 0.5) is 23.1 Å². The first-order valence-corrected chi connectivity index (χ1v) is 13.1. The van der Waals surface area contributed by atoms with Crippen molar-refractivity contribution in [3.8, 4) is 17.0 Å². The van der Waals surface area contributed by atoms with Gasteiger partial charge in [0.1, 0.15) is 11.6 Å². The molecule has 38 heavy (non-hydrogen) atoms. The molecule has 1 fully saturated rings. The van der Waals surface area contributed by atoms with Gasteiger partial charge < -0.3 is 30.1 Å². The van der Waals surface area contributed by atoms with E-state index < -0.39 is 0 Å². The Balaban J connectivity index is 1.35. The lowest BCUT2D eigenvalue weighted by Crippen LogP contribution is -2.47. The van der Waals surface area contributed by atoms with Crippen LogP contribution in [0.25, 0.3) is 11.3 Å². The molecule has 1 unspecified atom stereocenters. The van der Waals surface area contributed by atoms with E-state index in [1.165, 1.54) is 0 Å². The number of rotatable bonds is 9. The Hall–Kier alpha value is -3.18. The number of hydrogen-bond donors (Lipinski definition) is 3. The van der Waals surface area contributed by atoms with Gasteiger partial charge in [0.2, 0.25) is 5.95 Å². The van der Waals surface area contributed by atoms with E-state index in [-0.39, 0.29) is 12.0 Å². The highest BCUT2D eigenvalue weighted by Gasteiger charge is 2.35. The van der Waals surface area contributed by atoms with Gasteiger partial charge in [-0.05, 0) is 18.2 Å². The number of pyridine rings is 1. The van der Waals surface area contributed by atoms with Crippen molar-refractivity contribution >= 4 is 34.7 Å². The highest BCUT2D eigenvalue weighted by Crippen LogP contribution is 2.39. The smallest absolute Gasteiger partial charge is 0.227 e. The minimum atomic E-state index is -0.380. The average Bonchev–Trinajstić information content (AvgIpc) is 3.29. The van der Waals surface area contributed by atoms with E-state index in [1.807, 2.05) is 31.2 Å². The molecule has 0 radical (unpaired) electrons. The van der Waals surface area contributed by atoms with Gasteiger partial charge in [0, 0.05) is 81.4 Å². The number of nitrogens with one attached hydrogen (secondary N) is 2. The summed E-state index contributed by atoms with van der Waals surface area (Å²) in [7, 11) is 3.37. The Morgan fingerprint density at radius 2 is 1.97 bits per heavy atom. The predicted octanol–water partition coefficient (Wildman–Crippen LogP) is 3.39. The Morgan fingerprint density at radius 1 is 1.16 bits per heavy atom. The van der Waals surface area contributed by atoms with E-state index in [2.05, 4.69) is 30.4 Å². The SMILES string of the molecule is COCCN1CCN(c2cc(OC)c(Nc3nccc(-c4cnc5c(c4)C(C)(CO)CN5)n3)cc2Cl)CC1. The second-order valence-electron chi connectivity index (χ2n) is 9.91. The first-order valence-electron chi connectivity index (χ1n) is 12.7. The van der Waals surface area contributed by atoms with E-state index in [9.17, 15) is 5.11 Å². The van der Waals surface area contributed by atoms with Gasteiger partial charge in [-0.2, -0.15) is 0 Å².